The number of hydrogen-bond donors (Lipinski definition) is 0. The maximum Gasteiger partial charge on any atom is 0.159 e. The Kier molecular flexibility index (Phi) is 5.98. The molecule has 0 spiro atoms. The molecule has 0 radical (unpaired) electrons. The molecule has 0 atom stereocenters. The number of rotatable bonds is 7. The lowest BCUT2D eigenvalue weighted by Gasteiger charge is -2.09. The number of ether oxygens (including phenoxy) is 1. The van der Waals surface area contributed by atoms with Gasteiger partial charge in [0.1, 0.15) is 11.6 Å². The van der Waals surface area contributed by atoms with Crippen LogP contribution in [-0.2, 0) is 12.8 Å². The van der Waals surface area contributed by atoms with Crippen LogP contribution in [0.1, 0.15) is 24.5 Å². The van der Waals surface area contributed by atoms with Gasteiger partial charge in [-0.25, -0.2) is 18.7 Å². The van der Waals surface area contributed by atoms with E-state index in [9.17, 15) is 4.39 Å². The van der Waals surface area contributed by atoms with Gasteiger partial charge in [0.05, 0.1) is 19.0 Å². The molecule has 0 fully saturated rings. The Morgan fingerprint density at radius 3 is 2.37 bits per heavy atom. The zero-order valence-electron chi connectivity index (χ0n) is 16.7. The van der Waals surface area contributed by atoms with E-state index in [4.69, 9.17) is 4.74 Å². The molecule has 30 heavy (non-hydrogen) atoms. The van der Waals surface area contributed by atoms with E-state index in [0.29, 0.717) is 42.0 Å². The van der Waals surface area contributed by atoms with Crippen LogP contribution >= 0.6 is 0 Å². The first-order valence-corrected chi connectivity index (χ1v) is 10.0. The summed E-state index contributed by atoms with van der Waals surface area (Å²) in [6, 6.07) is 15.6. The van der Waals surface area contributed by atoms with Crippen molar-refractivity contribution in [3.8, 4) is 17.1 Å². The van der Waals surface area contributed by atoms with Crippen molar-refractivity contribution in [3.63, 3.8) is 0 Å². The second-order valence-electron chi connectivity index (χ2n) is 7.19. The molecular weight excluding hydrogens is 382 g/mol. The molecule has 1 heterocycles. The smallest absolute Gasteiger partial charge is 0.159 e. The summed E-state index contributed by atoms with van der Waals surface area (Å²) in [5.74, 6) is 0.726. The summed E-state index contributed by atoms with van der Waals surface area (Å²) in [6.07, 6.45) is 5.44. The van der Waals surface area contributed by atoms with Crippen LogP contribution < -0.4 is 4.74 Å². The summed E-state index contributed by atoms with van der Waals surface area (Å²) >= 11 is 0. The standard InChI is InChI=1S/C25H22F2N2O/c1-2-13-30-22-15-28-25(29-16-22)20-9-12-23-19(14-20)8-7-18(24(23)27)6-3-17-4-10-21(26)11-5-17/h4-5,7-12,14-16H,2-3,6,13H2,1H3. The van der Waals surface area contributed by atoms with Gasteiger partial charge in [0.25, 0.3) is 0 Å². The highest BCUT2D eigenvalue weighted by Gasteiger charge is 2.10. The molecule has 5 heteroatoms. The molecule has 4 aromatic rings. The quantitative estimate of drug-likeness (QED) is 0.371. The third-order valence-corrected chi connectivity index (χ3v) is 4.99. The Hall–Kier alpha value is -3.34. The van der Waals surface area contributed by atoms with E-state index < -0.39 is 0 Å². The maximum absolute atomic E-state index is 15.0. The number of fused-ring (bicyclic) bond motifs is 1. The lowest BCUT2D eigenvalue weighted by Crippen LogP contribution is -1.98. The minimum absolute atomic E-state index is 0.217. The van der Waals surface area contributed by atoms with E-state index in [1.807, 2.05) is 31.2 Å². The summed E-state index contributed by atoms with van der Waals surface area (Å²) in [6.45, 7) is 2.67. The van der Waals surface area contributed by atoms with E-state index in [-0.39, 0.29) is 11.6 Å². The van der Waals surface area contributed by atoms with E-state index in [1.165, 1.54) is 12.1 Å². The van der Waals surface area contributed by atoms with Crippen molar-refractivity contribution in [2.75, 3.05) is 6.61 Å². The largest absolute Gasteiger partial charge is 0.490 e. The molecule has 3 aromatic carbocycles. The zero-order valence-corrected chi connectivity index (χ0v) is 16.7. The SMILES string of the molecule is CCCOc1cnc(-c2ccc3c(F)c(CCc4ccc(F)cc4)ccc3c2)nc1. The van der Waals surface area contributed by atoms with Gasteiger partial charge in [-0.2, -0.15) is 0 Å². The number of aryl methyl sites for hydroxylation is 2. The van der Waals surface area contributed by atoms with Crippen LogP contribution in [0.4, 0.5) is 8.78 Å². The molecule has 0 aliphatic heterocycles. The maximum atomic E-state index is 15.0. The van der Waals surface area contributed by atoms with E-state index in [2.05, 4.69) is 9.97 Å². The number of benzene rings is 3. The third-order valence-electron chi connectivity index (χ3n) is 4.99. The first kappa shape index (κ1) is 20.0. The molecule has 4 rings (SSSR count). The molecule has 1 aromatic heterocycles. The monoisotopic (exact) mass is 404 g/mol. The topological polar surface area (TPSA) is 35.0 Å². The van der Waals surface area contributed by atoms with Gasteiger partial charge in [-0.05, 0) is 54.0 Å². The summed E-state index contributed by atoms with van der Waals surface area (Å²) < 4.78 is 33.6. The first-order chi connectivity index (χ1) is 14.6. The van der Waals surface area contributed by atoms with Crippen LogP contribution in [0, 0.1) is 11.6 Å². The summed E-state index contributed by atoms with van der Waals surface area (Å²) in [5, 5.41) is 1.36. The summed E-state index contributed by atoms with van der Waals surface area (Å²) in [4.78, 5) is 8.72. The third kappa shape index (κ3) is 4.46. The van der Waals surface area contributed by atoms with Gasteiger partial charge in [0.15, 0.2) is 11.6 Å². The van der Waals surface area contributed by atoms with Crippen LogP contribution in [0.5, 0.6) is 5.75 Å². The molecule has 152 valence electrons. The number of halogens is 2. The molecule has 0 N–H and O–H groups in total. The second kappa shape index (κ2) is 8.99. The van der Waals surface area contributed by atoms with Crippen molar-refractivity contribution in [3.05, 3.63) is 89.8 Å². The molecule has 0 saturated carbocycles. The zero-order chi connectivity index (χ0) is 20.9. The molecule has 0 saturated heterocycles. The molecular formula is C25H22F2N2O. The predicted octanol–water partition coefficient (Wildman–Crippen LogP) is 6.15. The van der Waals surface area contributed by atoms with Crippen LogP contribution in [0.3, 0.4) is 0 Å². The highest BCUT2D eigenvalue weighted by atomic mass is 19.1. The number of nitrogens with zero attached hydrogens (tertiary/aromatic N) is 2. The molecule has 3 nitrogen and oxygen atoms in total. The van der Waals surface area contributed by atoms with Crippen molar-refractivity contribution < 1.29 is 13.5 Å². The van der Waals surface area contributed by atoms with Crippen LogP contribution in [0.15, 0.2) is 67.0 Å². The van der Waals surface area contributed by atoms with Crippen molar-refractivity contribution in [1.82, 2.24) is 9.97 Å². The fraction of sp³-hybridized carbons (Fsp3) is 0.200. The Balaban J connectivity index is 1.54. The molecule has 0 aliphatic carbocycles. The van der Waals surface area contributed by atoms with E-state index in [0.717, 1.165) is 22.9 Å². The van der Waals surface area contributed by atoms with Gasteiger partial charge < -0.3 is 4.74 Å². The van der Waals surface area contributed by atoms with Crippen LogP contribution in [0.2, 0.25) is 0 Å². The van der Waals surface area contributed by atoms with E-state index >= 15 is 4.39 Å². The lowest BCUT2D eigenvalue weighted by molar-refractivity contribution is 0.315. The van der Waals surface area contributed by atoms with Crippen molar-refractivity contribution in [2.24, 2.45) is 0 Å². The predicted molar refractivity (Wildman–Crippen MR) is 115 cm³/mol. The minimum atomic E-state index is -0.265. The average molecular weight is 404 g/mol. The highest BCUT2D eigenvalue weighted by molar-refractivity contribution is 5.87. The van der Waals surface area contributed by atoms with Gasteiger partial charge in [0, 0.05) is 10.9 Å². The highest BCUT2D eigenvalue weighted by Crippen LogP contribution is 2.27. The van der Waals surface area contributed by atoms with Crippen LogP contribution in [-0.4, -0.2) is 16.6 Å². The Morgan fingerprint density at radius 1 is 0.867 bits per heavy atom. The van der Waals surface area contributed by atoms with Gasteiger partial charge in [-0.3, -0.25) is 0 Å². The number of hydrogen-bond acceptors (Lipinski definition) is 3. The van der Waals surface area contributed by atoms with Crippen molar-refractivity contribution in [2.45, 2.75) is 26.2 Å². The lowest BCUT2D eigenvalue weighted by atomic mass is 9.99. The molecule has 0 unspecified atom stereocenters. The summed E-state index contributed by atoms with van der Waals surface area (Å²) in [5.41, 5.74) is 2.45. The normalized spacial score (nSPS) is 11.0. The van der Waals surface area contributed by atoms with Crippen molar-refractivity contribution in [1.29, 1.82) is 0 Å². The van der Waals surface area contributed by atoms with Crippen LogP contribution in [0.25, 0.3) is 22.2 Å². The minimum Gasteiger partial charge on any atom is -0.490 e. The fourth-order valence-electron chi connectivity index (χ4n) is 3.36. The van der Waals surface area contributed by atoms with Gasteiger partial charge in [0.2, 0.25) is 0 Å². The van der Waals surface area contributed by atoms with Gasteiger partial charge >= 0.3 is 0 Å². The second-order valence-corrected chi connectivity index (χ2v) is 7.19. The first-order valence-electron chi connectivity index (χ1n) is 10.0. The Bertz CT molecular complexity index is 1140. The Morgan fingerprint density at radius 2 is 1.63 bits per heavy atom. The number of aromatic nitrogens is 2. The molecule has 0 amide bonds. The fourth-order valence-corrected chi connectivity index (χ4v) is 3.36. The Labute approximate surface area is 174 Å². The van der Waals surface area contributed by atoms with Gasteiger partial charge in [-0.1, -0.05) is 43.3 Å². The van der Waals surface area contributed by atoms with Crippen molar-refractivity contribution >= 4 is 10.8 Å². The van der Waals surface area contributed by atoms with Gasteiger partial charge in [-0.15, -0.1) is 0 Å². The average Bonchev–Trinajstić information content (AvgIpc) is 2.78. The van der Waals surface area contributed by atoms with E-state index in [1.54, 1.807) is 30.6 Å². The molecule has 0 bridgehead atoms. The summed E-state index contributed by atoms with van der Waals surface area (Å²) in [7, 11) is 0. The molecule has 0 aliphatic rings.